The lowest BCUT2D eigenvalue weighted by Gasteiger charge is -2.12. The first-order chi connectivity index (χ1) is 19.0. The van der Waals surface area contributed by atoms with Gasteiger partial charge in [-0.3, -0.25) is 9.48 Å². The first kappa shape index (κ1) is 24.8. The van der Waals surface area contributed by atoms with Crippen molar-refractivity contribution in [2.24, 2.45) is 12.0 Å². The van der Waals surface area contributed by atoms with Crippen molar-refractivity contribution in [3.63, 3.8) is 0 Å². The van der Waals surface area contributed by atoms with Crippen LogP contribution < -0.4 is 10.4 Å². The Bertz CT molecular complexity index is 1910. The quantitative estimate of drug-likeness (QED) is 0.232. The number of benzene rings is 4. The van der Waals surface area contributed by atoms with Crippen LogP contribution in [0.2, 0.25) is 0 Å². The highest BCUT2D eigenvalue weighted by molar-refractivity contribution is 7.07. The van der Waals surface area contributed by atoms with Crippen LogP contribution in [0.25, 0.3) is 27.7 Å². The van der Waals surface area contributed by atoms with Crippen molar-refractivity contribution in [1.82, 2.24) is 13.9 Å². The number of para-hydroxylation sites is 1. The Kier molecular flexibility index (Phi) is 6.59. The third-order valence-electron chi connectivity index (χ3n) is 7.13. The zero-order valence-corrected chi connectivity index (χ0v) is 22.5. The molecule has 0 unspecified atom stereocenters. The van der Waals surface area contributed by atoms with Gasteiger partial charge in [0, 0.05) is 24.5 Å². The SMILES string of the molecule is Cc1c(N=c2scc(-c3cccc4ccccc34)n2CCc2ccc(F)cc2)c(=O)n(-c2ccccc2)n1C. The van der Waals surface area contributed by atoms with Crippen molar-refractivity contribution in [1.29, 1.82) is 0 Å². The molecule has 39 heavy (non-hydrogen) atoms. The minimum absolute atomic E-state index is 0.161. The van der Waals surface area contributed by atoms with E-state index in [0.29, 0.717) is 18.7 Å². The summed E-state index contributed by atoms with van der Waals surface area (Å²) in [6, 6.07) is 30.8. The summed E-state index contributed by atoms with van der Waals surface area (Å²) in [5, 5.41) is 4.43. The molecule has 2 heterocycles. The maximum Gasteiger partial charge on any atom is 0.297 e. The highest BCUT2D eigenvalue weighted by Gasteiger charge is 2.17. The number of rotatable bonds is 6. The Morgan fingerprint density at radius 3 is 2.38 bits per heavy atom. The van der Waals surface area contributed by atoms with Gasteiger partial charge in [-0.2, -0.15) is 0 Å². The normalized spacial score (nSPS) is 11.9. The molecular formula is C32H27FN4OS. The number of thiazole rings is 1. The molecule has 0 atom stereocenters. The van der Waals surface area contributed by atoms with Gasteiger partial charge in [-0.1, -0.05) is 72.8 Å². The van der Waals surface area contributed by atoms with Crippen LogP contribution in [-0.4, -0.2) is 13.9 Å². The van der Waals surface area contributed by atoms with Crippen molar-refractivity contribution in [3.8, 4) is 16.9 Å². The van der Waals surface area contributed by atoms with E-state index >= 15 is 0 Å². The standard InChI is InChI=1S/C32H27FN4OS/c1-22-30(31(38)37(35(22)2)26-11-4-3-5-12-26)34-32-36(20-19-23-15-17-25(33)18-16-23)29(21-39-32)28-14-8-10-24-9-6-7-13-27(24)28/h3-18,21H,19-20H2,1-2H3. The molecule has 0 bridgehead atoms. The minimum Gasteiger partial charge on any atom is -0.316 e. The van der Waals surface area contributed by atoms with Crippen molar-refractivity contribution >= 4 is 27.8 Å². The molecule has 0 saturated carbocycles. The molecule has 0 aliphatic carbocycles. The van der Waals surface area contributed by atoms with Crippen LogP contribution >= 0.6 is 11.3 Å². The molecule has 0 fully saturated rings. The van der Waals surface area contributed by atoms with Crippen molar-refractivity contribution in [3.05, 3.63) is 135 Å². The first-order valence-electron chi connectivity index (χ1n) is 12.8. The summed E-state index contributed by atoms with van der Waals surface area (Å²) in [5.74, 6) is -0.247. The zero-order valence-electron chi connectivity index (χ0n) is 21.7. The number of fused-ring (bicyclic) bond motifs is 1. The third-order valence-corrected chi connectivity index (χ3v) is 8.00. The van der Waals surface area contributed by atoms with Gasteiger partial charge >= 0.3 is 0 Å². The van der Waals surface area contributed by atoms with Gasteiger partial charge in [0.05, 0.1) is 17.1 Å². The lowest BCUT2D eigenvalue weighted by molar-refractivity contribution is 0.625. The molecule has 0 saturated heterocycles. The second kappa shape index (κ2) is 10.3. The number of halogens is 1. The van der Waals surface area contributed by atoms with E-state index in [0.717, 1.165) is 43.8 Å². The van der Waals surface area contributed by atoms with Crippen LogP contribution in [-0.2, 0) is 20.0 Å². The molecule has 0 aliphatic heterocycles. The fourth-order valence-electron chi connectivity index (χ4n) is 4.97. The lowest BCUT2D eigenvalue weighted by atomic mass is 10.0. The molecule has 7 heteroatoms. The fourth-order valence-corrected chi connectivity index (χ4v) is 5.90. The average Bonchev–Trinajstić information content (AvgIpc) is 3.46. The third kappa shape index (κ3) is 4.66. The van der Waals surface area contributed by atoms with Gasteiger partial charge in [-0.25, -0.2) is 14.1 Å². The minimum atomic E-state index is -0.247. The van der Waals surface area contributed by atoms with Crippen LogP contribution in [0.15, 0.2) is 112 Å². The Morgan fingerprint density at radius 1 is 0.872 bits per heavy atom. The van der Waals surface area contributed by atoms with Crippen LogP contribution in [0.4, 0.5) is 10.1 Å². The van der Waals surface area contributed by atoms with Crippen LogP contribution in [0.3, 0.4) is 0 Å². The van der Waals surface area contributed by atoms with Crippen LogP contribution in [0.5, 0.6) is 0 Å². The van der Waals surface area contributed by atoms with E-state index < -0.39 is 0 Å². The van der Waals surface area contributed by atoms with Crippen LogP contribution in [0.1, 0.15) is 11.3 Å². The second-order valence-electron chi connectivity index (χ2n) is 9.48. The number of hydrogen-bond donors (Lipinski definition) is 0. The van der Waals surface area contributed by atoms with Gasteiger partial charge in [-0.05, 0) is 53.9 Å². The molecule has 0 aliphatic rings. The summed E-state index contributed by atoms with van der Waals surface area (Å²) >= 11 is 1.52. The topological polar surface area (TPSA) is 44.2 Å². The van der Waals surface area contributed by atoms with E-state index in [1.54, 1.807) is 4.68 Å². The van der Waals surface area contributed by atoms with E-state index in [2.05, 4.69) is 40.3 Å². The summed E-state index contributed by atoms with van der Waals surface area (Å²) in [4.78, 5) is 19.3. The number of nitrogens with zero attached hydrogens (tertiary/aromatic N) is 4. The summed E-state index contributed by atoms with van der Waals surface area (Å²) in [7, 11) is 1.88. The van der Waals surface area contributed by atoms with Gasteiger partial charge in [0.15, 0.2) is 10.5 Å². The van der Waals surface area contributed by atoms with Crippen molar-refractivity contribution in [2.75, 3.05) is 0 Å². The Balaban J connectivity index is 1.52. The summed E-state index contributed by atoms with van der Waals surface area (Å²) < 4.78 is 19.2. The Hall–Kier alpha value is -4.49. The molecule has 6 aromatic rings. The first-order valence-corrected chi connectivity index (χ1v) is 13.7. The lowest BCUT2D eigenvalue weighted by Crippen LogP contribution is -2.20. The van der Waals surface area contributed by atoms with Gasteiger partial charge < -0.3 is 4.57 Å². The highest BCUT2D eigenvalue weighted by atomic mass is 32.1. The Morgan fingerprint density at radius 2 is 1.59 bits per heavy atom. The van der Waals surface area contributed by atoms with Gasteiger partial charge in [0.2, 0.25) is 0 Å². The maximum absolute atomic E-state index is 13.6. The van der Waals surface area contributed by atoms with E-state index in [9.17, 15) is 9.18 Å². The maximum atomic E-state index is 13.6. The van der Waals surface area contributed by atoms with Crippen molar-refractivity contribution in [2.45, 2.75) is 19.9 Å². The molecule has 0 spiro atoms. The number of aromatic nitrogens is 3. The number of hydrogen-bond acceptors (Lipinski definition) is 3. The zero-order chi connectivity index (χ0) is 26.9. The molecule has 6 rings (SSSR count). The van der Waals surface area contributed by atoms with Crippen LogP contribution in [0, 0.1) is 12.7 Å². The average molecular weight is 535 g/mol. The van der Waals surface area contributed by atoms with E-state index in [1.165, 1.54) is 23.5 Å². The van der Waals surface area contributed by atoms with Gasteiger partial charge in [0.25, 0.3) is 5.56 Å². The van der Waals surface area contributed by atoms with Gasteiger partial charge in [-0.15, -0.1) is 11.3 Å². The fraction of sp³-hybridized carbons (Fsp3) is 0.125. The predicted molar refractivity (Wildman–Crippen MR) is 156 cm³/mol. The van der Waals surface area contributed by atoms with E-state index in [-0.39, 0.29) is 11.4 Å². The predicted octanol–water partition coefficient (Wildman–Crippen LogP) is 6.78. The summed E-state index contributed by atoms with van der Waals surface area (Å²) in [6.45, 7) is 2.55. The smallest absolute Gasteiger partial charge is 0.297 e. The highest BCUT2D eigenvalue weighted by Crippen LogP contribution is 2.29. The van der Waals surface area contributed by atoms with Gasteiger partial charge in [0.1, 0.15) is 5.82 Å². The van der Waals surface area contributed by atoms with Crippen molar-refractivity contribution < 1.29 is 4.39 Å². The summed E-state index contributed by atoms with van der Waals surface area (Å²) in [6.07, 6.45) is 0.698. The molecule has 4 aromatic carbocycles. The number of aryl methyl sites for hydroxylation is 1. The monoisotopic (exact) mass is 534 g/mol. The Labute approximate surface area is 229 Å². The molecule has 0 amide bonds. The molecule has 0 N–H and O–H groups in total. The molecule has 0 radical (unpaired) electrons. The molecule has 194 valence electrons. The largest absolute Gasteiger partial charge is 0.316 e. The second-order valence-corrected chi connectivity index (χ2v) is 10.3. The van der Waals surface area contributed by atoms with E-state index in [4.69, 9.17) is 4.99 Å². The van der Waals surface area contributed by atoms with E-state index in [1.807, 2.05) is 73.3 Å². The molecular weight excluding hydrogens is 507 g/mol. The molecule has 5 nitrogen and oxygen atoms in total. The summed E-state index contributed by atoms with van der Waals surface area (Å²) in [5.41, 5.74) is 5.02. The molecule has 2 aromatic heterocycles.